The Morgan fingerprint density at radius 2 is 2.25 bits per heavy atom. The van der Waals surface area contributed by atoms with Gasteiger partial charge in [0.1, 0.15) is 5.82 Å². The normalized spacial score (nSPS) is 23.1. The molecule has 1 heterocycles. The predicted octanol–water partition coefficient (Wildman–Crippen LogP) is 0.743. The van der Waals surface area contributed by atoms with Crippen molar-refractivity contribution in [3.63, 3.8) is 0 Å². The van der Waals surface area contributed by atoms with Gasteiger partial charge in [0.15, 0.2) is 5.03 Å². The number of rotatable bonds is 5. The summed E-state index contributed by atoms with van der Waals surface area (Å²) in [4.78, 5) is 14.9. The smallest absolute Gasteiger partial charge is 0.306 e. The summed E-state index contributed by atoms with van der Waals surface area (Å²) in [6, 6.07) is -0.326. The minimum Gasteiger partial charge on any atom is -0.481 e. The highest BCUT2D eigenvalue weighted by molar-refractivity contribution is 7.89. The van der Waals surface area contributed by atoms with Gasteiger partial charge >= 0.3 is 5.97 Å². The van der Waals surface area contributed by atoms with Gasteiger partial charge in [-0.1, -0.05) is 0 Å². The molecule has 0 saturated heterocycles. The number of aliphatic carboxylic acids is 1. The average Bonchev–Trinajstić information content (AvgIpc) is 2.95. The number of hydrogen-bond acceptors (Lipinski definition) is 4. The third-order valence-corrected chi connectivity index (χ3v) is 5.06. The number of sulfonamides is 1. The van der Waals surface area contributed by atoms with E-state index in [1.54, 1.807) is 11.5 Å². The van der Waals surface area contributed by atoms with Crippen molar-refractivity contribution in [3.8, 4) is 0 Å². The summed E-state index contributed by atoms with van der Waals surface area (Å²) in [6.07, 6.45) is 2.89. The number of aryl methyl sites for hydroxylation is 2. The van der Waals surface area contributed by atoms with Crippen LogP contribution in [0.1, 0.15) is 32.0 Å². The number of carboxylic acids is 1. The monoisotopic (exact) mass is 301 g/mol. The maximum atomic E-state index is 12.2. The van der Waals surface area contributed by atoms with Crippen LogP contribution in [0.5, 0.6) is 0 Å². The molecule has 0 bridgehead atoms. The Kier molecular flexibility index (Phi) is 4.14. The summed E-state index contributed by atoms with van der Waals surface area (Å²) in [5, 5.41) is 8.92. The minimum absolute atomic E-state index is 0.00405. The molecular weight excluding hydrogens is 282 g/mol. The van der Waals surface area contributed by atoms with Crippen LogP contribution < -0.4 is 4.72 Å². The van der Waals surface area contributed by atoms with Crippen LogP contribution in [0.25, 0.3) is 0 Å². The maximum absolute atomic E-state index is 12.2. The van der Waals surface area contributed by atoms with Gasteiger partial charge in [-0.15, -0.1) is 0 Å². The fourth-order valence-electron chi connectivity index (χ4n) is 2.52. The van der Waals surface area contributed by atoms with Crippen LogP contribution in [-0.2, 0) is 21.4 Å². The summed E-state index contributed by atoms with van der Waals surface area (Å²) < 4.78 is 28.7. The second-order valence-corrected chi connectivity index (χ2v) is 6.74. The second-order valence-electron chi connectivity index (χ2n) is 5.08. The van der Waals surface area contributed by atoms with Crippen molar-refractivity contribution in [2.45, 2.75) is 50.7 Å². The van der Waals surface area contributed by atoms with E-state index in [0.29, 0.717) is 31.6 Å². The van der Waals surface area contributed by atoms with Crippen LogP contribution in [0.3, 0.4) is 0 Å². The van der Waals surface area contributed by atoms with Gasteiger partial charge in [0.2, 0.25) is 0 Å². The summed E-state index contributed by atoms with van der Waals surface area (Å²) in [7, 11) is -3.68. The van der Waals surface area contributed by atoms with Crippen molar-refractivity contribution in [2.24, 2.45) is 5.92 Å². The van der Waals surface area contributed by atoms with Gasteiger partial charge in [0.05, 0.1) is 5.92 Å². The molecule has 0 amide bonds. The first kappa shape index (κ1) is 15.0. The minimum atomic E-state index is -3.68. The predicted molar refractivity (Wildman–Crippen MR) is 71.7 cm³/mol. The lowest BCUT2D eigenvalue weighted by atomic mass is 10.1. The molecule has 2 N–H and O–H groups in total. The molecule has 1 aliphatic carbocycles. The Bertz CT molecular complexity index is 608. The first-order valence-corrected chi connectivity index (χ1v) is 8.10. The number of nitrogens with zero attached hydrogens (tertiary/aromatic N) is 2. The van der Waals surface area contributed by atoms with Gasteiger partial charge in [-0.25, -0.2) is 18.1 Å². The first-order valence-electron chi connectivity index (χ1n) is 6.62. The van der Waals surface area contributed by atoms with Crippen LogP contribution in [0.15, 0.2) is 11.2 Å². The Labute approximate surface area is 118 Å². The third-order valence-electron chi connectivity index (χ3n) is 3.67. The van der Waals surface area contributed by atoms with Gasteiger partial charge in [0.25, 0.3) is 10.0 Å². The lowest BCUT2D eigenvalue weighted by Gasteiger charge is -2.11. The van der Waals surface area contributed by atoms with Gasteiger partial charge in [0, 0.05) is 18.8 Å². The average molecular weight is 301 g/mol. The third kappa shape index (κ3) is 3.01. The van der Waals surface area contributed by atoms with E-state index in [0.717, 1.165) is 0 Å². The molecule has 2 atom stereocenters. The fraction of sp³-hybridized carbons (Fsp3) is 0.667. The molecule has 1 fully saturated rings. The number of carboxylic acid groups (broad SMARTS) is 1. The van der Waals surface area contributed by atoms with E-state index in [1.165, 1.54) is 6.20 Å². The van der Waals surface area contributed by atoms with E-state index in [1.807, 2.05) is 6.92 Å². The zero-order valence-corrected chi connectivity index (χ0v) is 12.4. The van der Waals surface area contributed by atoms with E-state index >= 15 is 0 Å². The van der Waals surface area contributed by atoms with Crippen molar-refractivity contribution < 1.29 is 18.3 Å². The molecule has 0 aliphatic heterocycles. The van der Waals surface area contributed by atoms with Gasteiger partial charge in [-0.3, -0.25) is 4.79 Å². The molecule has 0 aromatic carbocycles. The highest BCUT2D eigenvalue weighted by Crippen LogP contribution is 2.26. The van der Waals surface area contributed by atoms with Crippen molar-refractivity contribution in [1.82, 2.24) is 14.3 Å². The number of aromatic nitrogens is 2. The molecule has 0 radical (unpaired) electrons. The van der Waals surface area contributed by atoms with Crippen LogP contribution in [-0.4, -0.2) is 35.1 Å². The molecule has 1 saturated carbocycles. The quantitative estimate of drug-likeness (QED) is 0.835. The van der Waals surface area contributed by atoms with Crippen LogP contribution in [0.2, 0.25) is 0 Å². The van der Waals surface area contributed by atoms with Crippen LogP contribution >= 0.6 is 0 Å². The molecule has 7 nitrogen and oxygen atoms in total. The van der Waals surface area contributed by atoms with Crippen molar-refractivity contribution >= 4 is 16.0 Å². The number of nitrogens with one attached hydrogen (secondary N) is 1. The largest absolute Gasteiger partial charge is 0.481 e. The van der Waals surface area contributed by atoms with Crippen molar-refractivity contribution in [3.05, 3.63) is 12.0 Å². The van der Waals surface area contributed by atoms with Crippen LogP contribution in [0.4, 0.5) is 0 Å². The Balaban J connectivity index is 2.10. The zero-order chi connectivity index (χ0) is 14.9. The second kappa shape index (κ2) is 5.53. The SMILES string of the molecule is CCn1cc(S(=O)(=O)NC2CCC(C(=O)O)C2)nc1C. The number of carbonyl (C=O) groups is 1. The van der Waals surface area contributed by atoms with E-state index in [4.69, 9.17) is 5.11 Å². The van der Waals surface area contributed by atoms with E-state index in [-0.39, 0.29) is 11.1 Å². The van der Waals surface area contributed by atoms with E-state index < -0.39 is 21.9 Å². The van der Waals surface area contributed by atoms with Gasteiger partial charge < -0.3 is 9.67 Å². The summed E-state index contributed by atoms with van der Waals surface area (Å²) in [5.41, 5.74) is 0. The molecular formula is C12H19N3O4S. The lowest BCUT2D eigenvalue weighted by molar-refractivity contribution is -0.141. The first-order chi connectivity index (χ1) is 9.33. The van der Waals surface area contributed by atoms with Gasteiger partial charge in [-0.2, -0.15) is 0 Å². The topological polar surface area (TPSA) is 101 Å². The standard InChI is InChI=1S/C12H19N3O4S/c1-3-15-7-11(13-8(15)2)20(18,19)14-10-5-4-9(6-10)12(16)17/h7,9-10,14H,3-6H2,1-2H3,(H,16,17). The van der Waals surface area contributed by atoms with E-state index in [2.05, 4.69) is 9.71 Å². The fourth-order valence-corrected chi connectivity index (χ4v) is 3.81. The number of hydrogen-bond donors (Lipinski definition) is 2. The Morgan fingerprint density at radius 3 is 2.75 bits per heavy atom. The van der Waals surface area contributed by atoms with E-state index in [9.17, 15) is 13.2 Å². The van der Waals surface area contributed by atoms with Gasteiger partial charge in [-0.05, 0) is 33.1 Å². The Morgan fingerprint density at radius 1 is 1.55 bits per heavy atom. The highest BCUT2D eigenvalue weighted by Gasteiger charge is 2.33. The molecule has 2 unspecified atom stereocenters. The molecule has 2 rings (SSSR count). The summed E-state index contributed by atoms with van der Waals surface area (Å²) >= 11 is 0. The lowest BCUT2D eigenvalue weighted by Crippen LogP contribution is -2.33. The van der Waals surface area contributed by atoms with Crippen molar-refractivity contribution in [2.75, 3.05) is 0 Å². The molecule has 1 aromatic rings. The molecule has 8 heteroatoms. The summed E-state index contributed by atoms with van der Waals surface area (Å²) in [6.45, 7) is 4.31. The molecule has 20 heavy (non-hydrogen) atoms. The maximum Gasteiger partial charge on any atom is 0.306 e. The molecule has 0 spiro atoms. The van der Waals surface area contributed by atoms with Crippen molar-refractivity contribution in [1.29, 1.82) is 0 Å². The zero-order valence-electron chi connectivity index (χ0n) is 11.5. The summed E-state index contributed by atoms with van der Waals surface area (Å²) in [5.74, 6) is -0.682. The van der Waals surface area contributed by atoms with Crippen LogP contribution in [0, 0.1) is 12.8 Å². The molecule has 1 aromatic heterocycles. The Hall–Kier alpha value is -1.41. The molecule has 112 valence electrons. The molecule has 1 aliphatic rings. The number of imidazole rings is 1. The highest BCUT2D eigenvalue weighted by atomic mass is 32.2.